The van der Waals surface area contributed by atoms with Crippen LogP contribution in [0.15, 0.2) is 24.4 Å². The summed E-state index contributed by atoms with van der Waals surface area (Å²) in [6.45, 7) is 2.31. The minimum atomic E-state index is 0.577. The lowest BCUT2D eigenvalue weighted by atomic mass is 10.2. The molecule has 2 aromatic rings. The summed E-state index contributed by atoms with van der Waals surface area (Å²) >= 11 is 3.59. The Bertz CT molecular complexity index is 559. The van der Waals surface area contributed by atoms with Gasteiger partial charge in [0.2, 0.25) is 0 Å². The average molecular weight is 308 g/mol. The molecule has 0 aromatic carbocycles. The number of aromatic nitrogens is 2. The van der Waals surface area contributed by atoms with Crippen LogP contribution in [0.2, 0.25) is 0 Å². The molecule has 1 atom stereocenters. The highest BCUT2D eigenvalue weighted by Gasteiger charge is 2.32. The Balaban J connectivity index is 2.04. The first-order valence-electron chi connectivity index (χ1n) is 6.47. The van der Waals surface area contributed by atoms with Crippen molar-refractivity contribution in [3.05, 3.63) is 30.1 Å². The minimum Gasteiger partial charge on any atom is -0.355 e. The van der Waals surface area contributed by atoms with Crippen LogP contribution in [-0.2, 0) is 5.33 Å². The molecule has 1 aliphatic carbocycles. The molecule has 1 fully saturated rings. The molecule has 96 valence electrons. The van der Waals surface area contributed by atoms with Gasteiger partial charge in [0, 0.05) is 24.6 Å². The fourth-order valence-electron chi connectivity index (χ4n) is 2.53. The van der Waals surface area contributed by atoms with E-state index in [-0.39, 0.29) is 0 Å². The maximum Gasteiger partial charge on any atom is 0.152 e. The number of halogens is 1. The largest absolute Gasteiger partial charge is 0.355 e. The van der Waals surface area contributed by atoms with Crippen LogP contribution >= 0.6 is 15.9 Å². The highest BCUT2D eigenvalue weighted by Crippen LogP contribution is 2.37. The Labute approximate surface area is 116 Å². The predicted octanol–water partition coefficient (Wildman–Crippen LogP) is 3.46. The van der Waals surface area contributed by atoms with E-state index in [0.29, 0.717) is 6.04 Å². The summed E-state index contributed by atoms with van der Waals surface area (Å²) in [7, 11) is 2.16. The lowest BCUT2D eigenvalue weighted by molar-refractivity contribution is 0.603. The minimum absolute atomic E-state index is 0.577. The van der Waals surface area contributed by atoms with Crippen molar-refractivity contribution in [3.8, 4) is 0 Å². The monoisotopic (exact) mass is 307 g/mol. The maximum atomic E-state index is 4.77. The third kappa shape index (κ3) is 1.92. The van der Waals surface area contributed by atoms with Gasteiger partial charge in [-0.25, -0.2) is 4.98 Å². The summed E-state index contributed by atoms with van der Waals surface area (Å²) in [6, 6.07) is 6.72. The van der Waals surface area contributed by atoms with Gasteiger partial charge in [0.1, 0.15) is 5.65 Å². The normalized spacial score (nSPS) is 17.1. The van der Waals surface area contributed by atoms with Gasteiger partial charge in [-0.15, -0.1) is 0 Å². The Morgan fingerprint density at radius 2 is 2.28 bits per heavy atom. The van der Waals surface area contributed by atoms with E-state index < -0.39 is 0 Å². The van der Waals surface area contributed by atoms with Gasteiger partial charge >= 0.3 is 0 Å². The number of imidazole rings is 1. The first-order chi connectivity index (χ1) is 8.72. The van der Waals surface area contributed by atoms with E-state index in [1.165, 1.54) is 18.5 Å². The van der Waals surface area contributed by atoms with Gasteiger partial charge in [-0.3, -0.25) is 0 Å². The number of nitrogens with zero attached hydrogens (tertiary/aromatic N) is 3. The summed E-state index contributed by atoms with van der Waals surface area (Å²) in [5.74, 6) is 1.96. The van der Waals surface area contributed by atoms with Gasteiger partial charge < -0.3 is 9.30 Å². The van der Waals surface area contributed by atoms with Crippen LogP contribution < -0.4 is 4.90 Å². The number of rotatable bonds is 4. The van der Waals surface area contributed by atoms with Crippen molar-refractivity contribution >= 4 is 27.4 Å². The average Bonchev–Trinajstić information content (AvgIpc) is 3.17. The molecule has 0 radical (unpaired) electrons. The second kappa shape index (κ2) is 4.57. The summed E-state index contributed by atoms with van der Waals surface area (Å²) in [4.78, 5) is 7.11. The third-order valence-electron chi connectivity index (χ3n) is 3.98. The van der Waals surface area contributed by atoms with Crippen LogP contribution in [0.5, 0.6) is 0 Å². The molecule has 0 amide bonds. The quantitative estimate of drug-likeness (QED) is 0.806. The molecule has 1 unspecified atom stereocenters. The fraction of sp³-hybridized carbons (Fsp3) is 0.500. The zero-order valence-corrected chi connectivity index (χ0v) is 12.4. The number of anilines is 1. The lowest BCUT2D eigenvalue weighted by Gasteiger charge is -2.25. The van der Waals surface area contributed by atoms with E-state index in [2.05, 4.69) is 57.5 Å². The topological polar surface area (TPSA) is 20.5 Å². The van der Waals surface area contributed by atoms with Crippen LogP contribution in [-0.4, -0.2) is 22.5 Å². The second-order valence-electron chi connectivity index (χ2n) is 5.13. The molecule has 0 N–H and O–H groups in total. The molecular weight excluding hydrogens is 290 g/mol. The Morgan fingerprint density at radius 3 is 2.94 bits per heavy atom. The first-order valence-corrected chi connectivity index (χ1v) is 7.59. The molecule has 0 bridgehead atoms. The number of hydrogen-bond donors (Lipinski definition) is 0. The molecule has 1 saturated carbocycles. The SMILES string of the molecule is CC(C1CC1)N(C)c1nc2ccccn2c1CBr. The maximum absolute atomic E-state index is 4.77. The molecule has 2 aromatic heterocycles. The third-order valence-corrected chi connectivity index (χ3v) is 4.51. The molecule has 3 nitrogen and oxygen atoms in total. The van der Waals surface area contributed by atoms with Gasteiger partial charge in [-0.1, -0.05) is 22.0 Å². The van der Waals surface area contributed by atoms with E-state index in [9.17, 15) is 0 Å². The number of pyridine rings is 1. The molecule has 1 aliphatic rings. The first kappa shape index (κ1) is 12.0. The van der Waals surface area contributed by atoms with Gasteiger partial charge in [-0.05, 0) is 37.8 Å². The van der Waals surface area contributed by atoms with E-state index in [1.807, 2.05) is 6.07 Å². The van der Waals surface area contributed by atoms with Crippen LogP contribution in [0.4, 0.5) is 5.82 Å². The van der Waals surface area contributed by atoms with Crippen LogP contribution in [0.3, 0.4) is 0 Å². The van der Waals surface area contributed by atoms with Crippen molar-refractivity contribution in [3.63, 3.8) is 0 Å². The van der Waals surface area contributed by atoms with Gasteiger partial charge in [0.15, 0.2) is 5.82 Å². The van der Waals surface area contributed by atoms with Crippen LogP contribution in [0, 0.1) is 5.92 Å². The van der Waals surface area contributed by atoms with Gasteiger partial charge in [-0.2, -0.15) is 0 Å². The lowest BCUT2D eigenvalue weighted by Crippen LogP contribution is -2.31. The van der Waals surface area contributed by atoms with Crippen molar-refractivity contribution < 1.29 is 0 Å². The number of alkyl halides is 1. The second-order valence-corrected chi connectivity index (χ2v) is 5.69. The van der Waals surface area contributed by atoms with Crippen molar-refractivity contribution in [2.45, 2.75) is 31.1 Å². The van der Waals surface area contributed by atoms with Crippen molar-refractivity contribution in [1.82, 2.24) is 9.38 Å². The molecule has 4 heteroatoms. The highest BCUT2D eigenvalue weighted by atomic mass is 79.9. The highest BCUT2D eigenvalue weighted by molar-refractivity contribution is 9.08. The van der Waals surface area contributed by atoms with Crippen molar-refractivity contribution in [2.75, 3.05) is 11.9 Å². The van der Waals surface area contributed by atoms with E-state index in [1.54, 1.807) is 0 Å². The summed E-state index contributed by atoms with van der Waals surface area (Å²) < 4.78 is 2.17. The molecule has 0 saturated heterocycles. The fourth-order valence-corrected chi connectivity index (χ4v) is 3.05. The van der Waals surface area contributed by atoms with E-state index in [0.717, 1.165) is 22.7 Å². The van der Waals surface area contributed by atoms with Crippen molar-refractivity contribution in [1.29, 1.82) is 0 Å². The smallest absolute Gasteiger partial charge is 0.152 e. The Morgan fingerprint density at radius 1 is 1.50 bits per heavy atom. The molecule has 2 heterocycles. The Hall–Kier alpha value is -1.03. The molecule has 0 spiro atoms. The van der Waals surface area contributed by atoms with Crippen LogP contribution in [0.1, 0.15) is 25.5 Å². The zero-order valence-electron chi connectivity index (χ0n) is 10.8. The summed E-state index contributed by atoms with van der Waals surface area (Å²) in [5.41, 5.74) is 2.26. The summed E-state index contributed by atoms with van der Waals surface area (Å²) in [6.07, 6.45) is 4.81. The number of hydrogen-bond acceptors (Lipinski definition) is 2. The molecule has 18 heavy (non-hydrogen) atoms. The van der Waals surface area contributed by atoms with Crippen LogP contribution in [0.25, 0.3) is 5.65 Å². The Kier molecular flexibility index (Phi) is 3.06. The van der Waals surface area contributed by atoms with Gasteiger partial charge in [0.25, 0.3) is 0 Å². The summed E-state index contributed by atoms with van der Waals surface area (Å²) in [5, 5.41) is 0.829. The van der Waals surface area contributed by atoms with Gasteiger partial charge in [0.05, 0.1) is 5.69 Å². The predicted molar refractivity (Wildman–Crippen MR) is 78.4 cm³/mol. The van der Waals surface area contributed by atoms with E-state index in [4.69, 9.17) is 4.98 Å². The molecule has 0 aliphatic heterocycles. The van der Waals surface area contributed by atoms with Crippen molar-refractivity contribution in [2.24, 2.45) is 5.92 Å². The van der Waals surface area contributed by atoms with E-state index >= 15 is 0 Å². The molecular formula is C14H18BrN3. The standard InChI is InChI=1S/C14H18BrN3/c1-10(11-6-7-11)17(2)14-12(9-15)18-8-4-3-5-13(18)16-14/h3-5,8,10-11H,6-7,9H2,1-2H3. The number of fused-ring (bicyclic) bond motifs is 1. The molecule has 3 rings (SSSR count). The zero-order chi connectivity index (χ0) is 12.7.